The van der Waals surface area contributed by atoms with Crippen molar-refractivity contribution >= 4 is 5.91 Å². The molecule has 1 saturated heterocycles. The molecule has 1 aliphatic rings. The molecule has 0 aromatic heterocycles. The molecule has 0 aliphatic carbocycles. The third kappa shape index (κ3) is 4.45. The van der Waals surface area contributed by atoms with E-state index in [9.17, 15) is 18.0 Å². The zero-order chi connectivity index (χ0) is 16.2. The largest absolute Gasteiger partial charge is 0.396 e. The molecule has 3 unspecified atom stereocenters. The lowest BCUT2D eigenvalue weighted by molar-refractivity contribution is -0.157. The van der Waals surface area contributed by atoms with Crippen molar-refractivity contribution in [1.29, 1.82) is 0 Å². The van der Waals surface area contributed by atoms with Gasteiger partial charge in [-0.05, 0) is 12.5 Å². The minimum absolute atomic E-state index is 0.114. The van der Waals surface area contributed by atoms with Gasteiger partial charge in [0.15, 0.2) is 0 Å². The van der Waals surface area contributed by atoms with Gasteiger partial charge in [0.1, 0.15) is 0 Å². The smallest absolute Gasteiger partial charge is 0.356 e. The standard InChI is InChI=1S/C15H20F3N3O/c1-10-12(9-20-21-10)8-19-14(22)7-13(15(16,17)18)11-5-3-2-4-6-11/h2-6,10,12-13,20-21H,7-9H2,1H3,(H,19,22). The van der Waals surface area contributed by atoms with Crippen molar-refractivity contribution in [2.75, 3.05) is 13.1 Å². The molecule has 1 fully saturated rings. The Morgan fingerprint density at radius 1 is 1.36 bits per heavy atom. The van der Waals surface area contributed by atoms with Crippen molar-refractivity contribution < 1.29 is 18.0 Å². The van der Waals surface area contributed by atoms with E-state index >= 15 is 0 Å². The Kier molecular flexibility index (Phi) is 5.42. The molecule has 122 valence electrons. The molecule has 3 N–H and O–H groups in total. The Bertz CT molecular complexity index is 493. The zero-order valence-electron chi connectivity index (χ0n) is 12.3. The zero-order valence-corrected chi connectivity index (χ0v) is 12.3. The molecule has 4 nitrogen and oxygen atoms in total. The first-order chi connectivity index (χ1) is 10.4. The third-order valence-electron chi connectivity index (χ3n) is 3.95. The van der Waals surface area contributed by atoms with Crippen LogP contribution in [-0.2, 0) is 4.79 Å². The van der Waals surface area contributed by atoms with Gasteiger partial charge in [-0.2, -0.15) is 13.2 Å². The number of nitrogens with one attached hydrogen (secondary N) is 3. The van der Waals surface area contributed by atoms with Crippen molar-refractivity contribution in [2.24, 2.45) is 5.92 Å². The van der Waals surface area contributed by atoms with Crippen molar-refractivity contribution in [3.05, 3.63) is 35.9 Å². The number of benzene rings is 1. The Hall–Kier alpha value is -1.60. The molecule has 3 atom stereocenters. The van der Waals surface area contributed by atoms with Crippen LogP contribution in [-0.4, -0.2) is 31.2 Å². The van der Waals surface area contributed by atoms with Gasteiger partial charge in [0.25, 0.3) is 0 Å². The molecular weight excluding hydrogens is 295 g/mol. The summed E-state index contributed by atoms with van der Waals surface area (Å²) in [7, 11) is 0. The van der Waals surface area contributed by atoms with Gasteiger partial charge < -0.3 is 5.32 Å². The number of alkyl halides is 3. The van der Waals surface area contributed by atoms with Gasteiger partial charge in [-0.3, -0.25) is 15.6 Å². The second-order valence-electron chi connectivity index (χ2n) is 5.59. The fourth-order valence-electron chi connectivity index (χ4n) is 2.50. The first-order valence-corrected chi connectivity index (χ1v) is 7.24. The van der Waals surface area contributed by atoms with Crippen molar-refractivity contribution in [3.8, 4) is 0 Å². The molecule has 7 heteroatoms. The summed E-state index contributed by atoms with van der Waals surface area (Å²) in [5.41, 5.74) is 6.07. The highest BCUT2D eigenvalue weighted by molar-refractivity contribution is 5.77. The van der Waals surface area contributed by atoms with Crippen LogP contribution < -0.4 is 16.2 Å². The van der Waals surface area contributed by atoms with Crippen LogP contribution in [0.1, 0.15) is 24.8 Å². The van der Waals surface area contributed by atoms with Crippen molar-refractivity contribution in [1.82, 2.24) is 16.2 Å². The van der Waals surface area contributed by atoms with Crippen LogP contribution in [0.5, 0.6) is 0 Å². The van der Waals surface area contributed by atoms with Gasteiger partial charge in [-0.15, -0.1) is 0 Å². The topological polar surface area (TPSA) is 53.2 Å². The molecule has 1 aromatic carbocycles. The summed E-state index contributed by atoms with van der Waals surface area (Å²) < 4.78 is 39.5. The van der Waals surface area contributed by atoms with E-state index in [1.807, 2.05) is 6.92 Å². The number of amides is 1. The molecule has 0 radical (unpaired) electrons. The van der Waals surface area contributed by atoms with Crippen LogP contribution in [0.3, 0.4) is 0 Å². The van der Waals surface area contributed by atoms with Crippen LogP contribution >= 0.6 is 0 Å². The first kappa shape index (κ1) is 16.8. The molecule has 2 rings (SSSR count). The first-order valence-electron chi connectivity index (χ1n) is 7.24. The predicted molar refractivity (Wildman–Crippen MR) is 77.0 cm³/mol. The van der Waals surface area contributed by atoms with E-state index in [1.54, 1.807) is 18.2 Å². The van der Waals surface area contributed by atoms with E-state index in [1.165, 1.54) is 12.1 Å². The summed E-state index contributed by atoms with van der Waals surface area (Å²) in [5, 5.41) is 2.61. The Balaban J connectivity index is 1.94. The Labute approximate surface area is 127 Å². The fourth-order valence-corrected chi connectivity index (χ4v) is 2.50. The predicted octanol–water partition coefficient (Wildman–Crippen LogP) is 1.95. The molecule has 0 spiro atoms. The number of carbonyl (C=O) groups excluding carboxylic acids is 1. The minimum Gasteiger partial charge on any atom is -0.356 e. The maximum Gasteiger partial charge on any atom is 0.396 e. The SMILES string of the molecule is CC1NNCC1CNC(=O)CC(c1ccccc1)C(F)(F)F. The molecule has 1 amide bonds. The van der Waals surface area contributed by atoms with E-state index in [0.29, 0.717) is 13.1 Å². The number of hydrazine groups is 1. The molecule has 1 aromatic rings. The van der Waals surface area contributed by atoms with Crippen LogP contribution in [0.15, 0.2) is 30.3 Å². The average molecular weight is 315 g/mol. The summed E-state index contributed by atoms with van der Waals surface area (Å²) >= 11 is 0. The fraction of sp³-hybridized carbons (Fsp3) is 0.533. The number of rotatable bonds is 5. The molecule has 0 bridgehead atoms. The summed E-state index contributed by atoms with van der Waals surface area (Å²) in [6.45, 7) is 3.00. The second-order valence-corrected chi connectivity index (χ2v) is 5.59. The highest BCUT2D eigenvalue weighted by Crippen LogP contribution is 2.37. The summed E-state index contributed by atoms with van der Waals surface area (Å²) in [5.74, 6) is -2.18. The maximum absolute atomic E-state index is 13.2. The highest BCUT2D eigenvalue weighted by atomic mass is 19.4. The summed E-state index contributed by atoms with van der Waals surface area (Å²) in [6, 6.07) is 7.72. The Morgan fingerprint density at radius 2 is 2.05 bits per heavy atom. The van der Waals surface area contributed by atoms with Gasteiger partial charge >= 0.3 is 6.18 Å². The number of hydrogen-bond donors (Lipinski definition) is 3. The van der Waals surface area contributed by atoms with Gasteiger partial charge in [0.2, 0.25) is 5.91 Å². The molecule has 0 saturated carbocycles. The van der Waals surface area contributed by atoms with Crippen LogP contribution in [0.2, 0.25) is 0 Å². The third-order valence-corrected chi connectivity index (χ3v) is 3.95. The number of halogens is 3. The second kappa shape index (κ2) is 7.11. The molecule has 22 heavy (non-hydrogen) atoms. The number of hydrogen-bond acceptors (Lipinski definition) is 3. The normalized spacial score (nSPS) is 23.3. The van der Waals surface area contributed by atoms with Gasteiger partial charge in [-0.25, -0.2) is 0 Å². The van der Waals surface area contributed by atoms with Gasteiger partial charge in [0.05, 0.1) is 5.92 Å². The summed E-state index contributed by atoms with van der Waals surface area (Å²) in [6.07, 6.45) is -5.03. The van der Waals surface area contributed by atoms with E-state index in [-0.39, 0.29) is 17.5 Å². The number of carbonyl (C=O) groups is 1. The van der Waals surface area contributed by atoms with Crippen LogP contribution in [0, 0.1) is 5.92 Å². The average Bonchev–Trinajstić information content (AvgIpc) is 2.87. The van der Waals surface area contributed by atoms with Crippen molar-refractivity contribution in [2.45, 2.75) is 31.5 Å². The maximum atomic E-state index is 13.2. The Morgan fingerprint density at radius 3 is 2.59 bits per heavy atom. The van der Waals surface area contributed by atoms with Crippen molar-refractivity contribution in [3.63, 3.8) is 0 Å². The van der Waals surface area contributed by atoms with Crippen LogP contribution in [0.25, 0.3) is 0 Å². The van der Waals surface area contributed by atoms with Crippen LogP contribution in [0.4, 0.5) is 13.2 Å². The van der Waals surface area contributed by atoms with Gasteiger partial charge in [0, 0.05) is 31.5 Å². The van der Waals surface area contributed by atoms with Gasteiger partial charge in [-0.1, -0.05) is 30.3 Å². The monoisotopic (exact) mass is 315 g/mol. The molecular formula is C15H20F3N3O. The quantitative estimate of drug-likeness (QED) is 0.778. The minimum atomic E-state index is -4.44. The highest BCUT2D eigenvalue weighted by Gasteiger charge is 2.41. The lowest BCUT2D eigenvalue weighted by atomic mass is 9.94. The lowest BCUT2D eigenvalue weighted by Gasteiger charge is -2.21. The lowest BCUT2D eigenvalue weighted by Crippen LogP contribution is -2.37. The molecule has 1 heterocycles. The summed E-state index contributed by atoms with van der Waals surface area (Å²) in [4.78, 5) is 11.9. The van der Waals surface area contributed by atoms with E-state index < -0.39 is 24.4 Å². The molecule has 1 aliphatic heterocycles. The van der Waals surface area contributed by atoms with E-state index in [4.69, 9.17) is 0 Å². The van der Waals surface area contributed by atoms with E-state index in [2.05, 4.69) is 16.2 Å². The van der Waals surface area contributed by atoms with E-state index in [0.717, 1.165) is 0 Å².